The molecule has 1 aliphatic carbocycles. The predicted molar refractivity (Wildman–Crippen MR) is 92.7 cm³/mol. The van der Waals surface area contributed by atoms with Gasteiger partial charge in [-0.3, -0.25) is 4.90 Å². The molecule has 1 saturated heterocycles. The fourth-order valence-corrected chi connectivity index (χ4v) is 3.65. The molecular formula is C19H30N2O2. The molecule has 4 nitrogen and oxygen atoms in total. The number of aliphatic hydroxyl groups is 1. The average Bonchev–Trinajstić information content (AvgIpc) is 3.21. The molecule has 0 spiro atoms. The van der Waals surface area contributed by atoms with E-state index in [4.69, 9.17) is 4.74 Å². The number of ether oxygens (including phenoxy) is 1. The van der Waals surface area contributed by atoms with E-state index < -0.39 is 5.60 Å². The second-order valence-corrected chi connectivity index (χ2v) is 7.08. The third-order valence-corrected chi connectivity index (χ3v) is 5.12. The molecular weight excluding hydrogens is 288 g/mol. The van der Waals surface area contributed by atoms with Crippen LogP contribution in [0.3, 0.4) is 0 Å². The van der Waals surface area contributed by atoms with Crippen molar-refractivity contribution < 1.29 is 9.84 Å². The van der Waals surface area contributed by atoms with Crippen molar-refractivity contribution in [3.05, 3.63) is 29.8 Å². The topological polar surface area (TPSA) is 44.7 Å². The zero-order valence-corrected chi connectivity index (χ0v) is 14.1. The maximum atomic E-state index is 10.3. The van der Waals surface area contributed by atoms with Crippen molar-refractivity contribution in [3.8, 4) is 5.75 Å². The van der Waals surface area contributed by atoms with Crippen molar-refractivity contribution in [2.75, 3.05) is 32.8 Å². The first kappa shape index (κ1) is 16.7. The molecule has 0 atom stereocenters. The monoisotopic (exact) mass is 318 g/mol. The van der Waals surface area contributed by atoms with Crippen molar-refractivity contribution in [3.63, 3.8) is 0 Å². The van der Waals surface area contributed by atoms with Crippen LogP contribution < -0.4 is 10.1 Å². The summed E-state index contributed by atoms with van der Waals surface area (Å²) in [6.45, 7) is 5.74. The largest absolute Gasteiger partial charge is 0.492 e. The Balaban J connectivity index is 1.35. The van der Waals surface area contributed by atoms with Gasteiger partial charge in [0.15, 0.2) is 0 Å². The summed E-state index contributed by atoms with van der Waals surface area (Å²) in [6.07, 6.45) is 6.84. The van der Waals surface area contributed by atoms with Crippen LogP contribution in [-0.4, -0.2) is 48.4 Å². The van der Waals surface area contributed by atoms with Crippen molar-refractivity contribution in [1.82, 2.24) is 10.2 Å². The van der Waals surface area contributed by atoms with E-state index in [2.05, 4.69) is 22.3 Å². The average molecular weight is 318 g/mol. The lowest BCUT2D eigenvalue weighted by molar-refractivity contribution is 0.0475. The standard InChI is InChI=1S/C19H30N2O2/c22-19(9-1-2-10-19)16-20-15-17-5-7-18(8-6-17)23-14-13-21-11-3-4-12-21/h5-8,20,22H,1-4,9-16H2. The second-order valence-electron chi connectivity index (χ2n) is 7.08. The first-order valence-electron chi connectivity index (χ1n) is 9.11. The lowest BCUT2D eigenvalue weighted by Gasteiger charge is -2.22. The SMILES string of the molecule is OC1(CNCc2ccc(OCCN3CCCC3)cc2)CCCC1. The molecule has 0 unspecified atom stereocenters. The summed E-state index contributed by atoms with van der Waals surface area (Å²) in [6, 6.07) is 8.31. The minimum absolute atomic E-state index is 0.474. The number of benzene rings is 1. The molecule has 3 rings (SSSR count). The highest BCUT2D eigenvalue weighted by atomic mass is 16.5. The fourth-order valence-electron chi connectivity index (χ4n) is 3.65. The highest BCUT2D eigenvalue weighted by Crippen LogP contribution is 2.28. The molecule has 1 heterocycles. The van der Waals surface area contributed by atoms with E-state index >= 15 is 0 Å². The predicted octanol–water partition coefficient (Wildman–Crippen LogP) is 2.56. The Morgan fingerprint density at radius 1 is 1.04 bits per heavy atom. The van der Waals surface area contributed by atoms with Gasteiger partial charge in [-0.25, -0.2) is 0 Å². The Morgan fingerprint density at radius 3 is 2.43 bits per heavy atom. The zero-order valence-electron chi connectivity index (χ0n) is 14.1. The number of hydrogen-bond donors (Lipinski definition) is 2. The Hall–Kier alpha value is -1.10. The molecule has 1 aromatic rings. The van der Waals surface area contributed by atoms with Gasteiger partial charge in [-0.15, -0.1) is 0 Å². The van der Waals surface area contributed by atoms with Crippen LogP contribution in [0.1, 0.15) is 44.1 Å². The highest BCUT2D eigenvalue weighted by Gasteiger charge is 2.30. The maximum absolute atomic E-state index is 10.3. The normalized spacial score (nSPS) is 20.9. The van der Waals surface area contributed by atoms with Gasteiger partial charge in [-0.05, 0) is 56.5 Å². The van der Waals surface area contributed by atoms with E-state index in [9.17, 15) is 5.11 Å². The highest BCUT2D eigenvalue weighted by molar-refractivity contribution is 5.27. The van der Waals surface area contributed by atoms with Gasteiger partial charge in [-0.2, -0.15) is 0 Å². The number of nitrogens with zero attached hydrogens (tertiary/aromatic N) is 1. The molecule has 4 heteroatoms. The van der Waals surface area contributed by atoms with Gasteiger partial charge in [0.05, 0.1) is 5.60 Å². The first-order valence-corrected chi connectivity index (χ1v) is 9.11. The Bertz CT molecular complexity index is 463. The third-order valence-electron chi connectivity index (χ3n) is 5.12. The first-order chi connectivity index (χ1) is 11.2. The summed E-state index contributed by atoms with van der Waals surface area (Å²) in [5, 5.41) is 13.7. The van der Waals surface area contributed by atoms with Crippen LogP contribution in [0.5, 0.6) is 5.75 Å². The fraction of sp³-hybridized carbons (Fsp3) is 0.684. The number of nitrogens with one attached hydrogen (secondary N) is 1. The Labute approximate surface area is 139 Å². The van der Waals surface area contributed by atoms with Gasteiger partial charge >= 0.3 is 0 Å². The smallest absolute Gasteiger partial charge is 0.119 e. The summed E-state index contributed by atoms with van der Waals surface area (Å²) >= 11 is 0. The molecule has 2 fully saturated rings. The lowest BCUT2D eigenvalue weighted by atomic mass is 10.0. The van der Waals surface area contributed by atoms with E-state index in [1.54, 1.807) is 0 Å². The van der Waals surface area contributed by atoms with Crippen LogP contribution in [0.4, 0.5) is 0 Å². The molecule has 0 aromatic heterocycles. The molecule has 0 radical (unpaired) electrons. The number of rotatable bonds is 8. The molecule has 0 amide bonds. The van der Waals surface area contributed by atoms with Crippen molar-refractivity contribution in [2.24, 2.45) is 0 Å². The molecule has 2 N–H and O–H groups in total. The van der Waals surface area contributed by atoms with Gasteiger partial charge < -0.3 is 15.2 Å². The van der Waals surface area contributed by atoms with Crippen LogP contribution in [0, 0.1) is 0 Å². The molecule has 1 aromatic carbocycles. The van der Waals surface area contributed by atoms with Gasteiger partial charge in [0.25, 0.3) is 0 Å². The minimum atomic E-state index is -0.474. The van der Waals surface area contributed by atoms with Crippen LogP contribution in [-0.2, 0) is 6.54 Å². The summed E-state index contributed by atoms with van der Waals surface area (Å²) < 4.78 is 5.82. The Morgan fingerprint density at radius 2 is 1.74 bits per heavy atom. The molecule has 2 aliphatic rings. The van der Waals surface area contributed by atoms with Crippen LogP contribution in [0.25, 0.3) is 0 Å². The van der Waals surface area contributed by atoms with E-state index in [0.29, 0.717) is 6.54 Å². The van der Waals surface area contributed by atoms with Gasteiger partial charge in [0.2, 0.25) is 0 Å². The van der Waals surface area contributed by atoms with E-state index in [1.807, 2.05) is 12.1 Å². The minimum Gasteiger partial charge on any atom is -0.492 e. The summed E-state index contributed by atoms with van der Waals surface area (Å²) in [5.74, 6) is 0.947. The summed E-state index contributed by atoms with van der Waals surface area (Å²) in [5.41, 5.74) is 0.761. The van der Waals surface area contributed by atoms with Crippen molar-refractivity contribution >= 4 is 0 Å². The third kappa shape index (κ3) is 5.20. The molecule has 1 aliphatic heterocycles. The van der Waals surface area contributed by atoms with Crippen LogP contribution >= 0.6 is 0 Å². The molecule has 23 heavy (non-hydrogen) atoms. The van der Waals surface area contributed by atoms with Crippen LogP contribution in [0.15, 0.2) is 24.3 Å². The summed E-state index contributed by atoms with van der Waals surface area (Å²) in [7, 11) is 0. The number of hydrogen-bond acceptors (Lipinski definition) is 4. The van der Waals surface area contributed by atoms with Gasteiger partial charge in [0.1, 0.15) is 12.4 Å². The van der Waals surface area contributed by atoms with Crippen molar-refractivity contribution in [2.45, 2.75) is 50.7 Å². The maximum Gasteiger partial charge on any atom is 0.119 e. The van der Waals surface area contributed by atoms with Gasteiger partial charge in [-0.1, -0.05) is 25.0 Å². The quantitative estimate of drug-likeness (QED) is 0.773. The molecule has 128 valence electrons. The van der Waals surface area contributed by atoms with E-state index in [-0.39, 0.29) is 0 Å². The molecule has 1 saturated carbocycles. The van der Waals surface area contributed by atoms with Gasteiger partial charge in [0, 0.05) is 19.6 Å². The van der Waals surface area contributed by atoms with E-state index in [1.165, 1.54) is 31.5 Å². The zero-order chi connectivity index (χ0) is 16.0. The summed E-state index contributed by atoms with van der Waals surface area (Å²) in [4.78, 5) is 2.46. The van der Waals surface area contributed by atoms with Crippen molar-refractivity contribution in [1.29, 1.82) is 0 Å². The Kier molecular flexibility index (Phi) is 5.92. The van der Waals surface area contributed by atoms with Crippen LogP contribution in [0.2, 0.25) is 0 Å². The second kappa shape index (κ2) is 8.13. The lowest BCUT2D eigenvalue weighted by Crippen LogP contribution is -2.37. The van der Waals surface area contributed by atoms with E-state index in [0.717, 1.165) is 51.1 Å². The number of likely N-dealkylation sites (tertiary alicyclic amines) is 1. The molecule has 0 bridgehead atoms.